The number of ether oxygens (including phenoxy) is 2. The van der Waals surface area contributed by atoms with E-state index in [4.69, 9.17) is 32.7 Å². The molecule has 0 saturated heterocycles. The molecule has 5 nitrogen and oxygen atoms in total. The molecule has 0 aliphatic heterocycles. The largest absolute Gasteiger partial charge is 0.493 e. The molecule has 1 aliphatic rings. The van der Waals surface area contributed by atoms with Crippen LogP contribution in [0.15, 0.2) is 24.5 Å². The quantitative estimate of drug-likeness (QED) is 0.684. The van der Waals surface area contributed by atoms with Gasteiger partial charge < -0.3 is 9.47 Å². The van der Waals surface area contributed by atoms with Gasteiger partial charge in [-0.05, 0) is 49.5 Å². The number of halogens is 2. The second-order valence-corrected chi connectivity index (χ2v) is 6.49. The van der Waals surface area contributed by atoms with Crippen molar-refractivity contribution >= 4 is 35.0 Å². The average Bonchev–Trinajstić information content (AvgIpc) is 3.24. The molecule has 1 fully saturated rings. The number of hydrogen-bond donors (Lipinski definition) is 0. The topological polar surface area (TPSA) is 60.1 Å². The molecule has 7 heteroatoms. The van der Waals surface area contributed by atoms with Crippen LogP contribution in [-0.4, -0.2) is 22.8 Å². The zero-order chi connectivity index (χ0) is 17.8. The fraction of sp³-hybridized carbons (Fsp3) is 0.333. The van der Waals surface area contributed by atoms with E-state index in [9.17, 15) is 5.26 Å². The molecule has 0 bridgehead atoms. The molecule has 0 unspecified atom stereocenters. The van der Waals surface area contributed by atoms with Crippen LogP contribution in [-0.2, 0) is 0 Å². The third-order valence-corrected chi connectivity index (χ3v) is 4.86. The van der Waals surface area contributed by atoms with Crippen molar-refractivity contribution in [2.24, 2.45) is 0 Å². The first kappa shape index (κ1) is 17.7. The Morgan fingerprint density at radius 2 is 2.08 bits per heavy atom. The van der Waals surface area contributed by atoms with Crippen molar-refractivity contribution in [3.05, 3.63) is 40.4 Å². The van der Waals surface area contributed by atoms with E-state index in [2.05, 4.69) is 11.1 Å². The Morgan fingerprint density at radius 1 is 1.32 bits per heavy atom. The lowest BCUT2D eigenvalue weighted by atomic mass is 10.1. The molecule has 1 saturated carbocycles. The summed E-state index contributed by atoms with van der Waals surface area (Å²) in [5.74, 6) is 1.35. The summed E-state index contributed by atoms with van der Waals surface area (Å²) < 4.78 is 12.9. The Labute approximate surface area is 156 Å². The highest BCUT2D eigenvalue weighted by Crippen LogP contribution is 2.33. The number of aromatic nitrogens is 2. The van der Waals surface area contributed by atoms with Crippen molar-refractivity contribution in [3.8, 4) is 17.6 Å². The van der Waals surface area contributed by atoms with Gasteiger partial charge in [0, 0.05) is 0 Å². The number of nitriles is 1. The molecule has 1 aliphatic carbocycles. The van der Waals surface area contributed by atoms with Crippen LogP contribution in [0.1, 0.15) is 31.2 Å². The molecule has 0 spiro atoms. The van der Waals surface area contributed by atoms with Gasteiger partial charge in [-0.25, -0.2) is 4.98 Å². The second-order valence-electron chi connectivity index (χ2n) is 5.77. The van der Waals surface area contributed by atoms with Crippen molar-refractivity contribution < 1.29 is 9.47 Å². The van der Waals surface area contributed by atoms with Gasteiger partial charge in [-0.15, -0.1) is 0 Å². The van der Waals surface area contributed by atoms with E-state index in [0.29, 0.717) is 17.2 Å². The lowest BCUT2D eigenvalue weighted by Gasteiger charge is -2.16. The van der Waals surface area contributed by atoms with Gasteiger partial charge in [0.2, 0.25) is 0 Å². The third-order valence-electron chi connectivity index (χ3n) is 4.13. The smallest absolute Gasteiger partial charge is 0.166 e. The summed E-state index contributed by atoms with van der Waals surface area (Å²) in [6.45, 7) is 0. The minimum atomic E-state index is 0.155. The standard InChI is InChI=1S/C18H17Cl2N3O2/c1-24-15-7-6-12(9-16(15)25-14-4-2-3-5-14)8-13(10-21)23-11-22-17(19)18(23)20/h6-9,11,14H,2-5H2,1H3. The monoisotopic (exact) mass is 377 g/mol. The predicted octanol–water partition coefficient (Wildman–Crippen LogP) is 5.04. The molecule has 0 N–H and O–H groups in total. The maximum atomic E-state index is 9.45. The summed E-state index contributed by atoms with van der Waals surface area (Å²) in [5, 5.41) is 9.80. The highest BCUT2D eigenvalue weighted by atomic mass is 35.5. The van der Waals surface area contributed by atoms with Crippen LogP contribution in [0.5, 0.6) is 11.5 Å². The molecule has 0 atom stereocenters. The van der Waals surface area contributed by atoms with E-state index in [0.717, 1.165) is 18.4 Å². The van der Waals surface area contributed by atoms with Gasteiger partial charge in [-0.2, -0.15) is 5.26 Å². The van der Waals surface area contributed by atoms with E-state index >= 15 is 0 Å². The lowest BCUT2D eigenvalue weighted by molar-refractivity contribution is 0.201. The van der Waals surface area contributed by atoms with Gasteiger partial charge in [0.05, 0.1) is 13.2 Å². The minimum absolute atomic E-state index is 0.155. The number of nitrogens with zero attached hydrogens (tertiary/aromatic N) is 3. The van der Waals surface area contributed by atoms with Crippen LogP contribution in [0.25, 0.3) is 11.8 Å². The van der Waals surface area contributed by atoms with Gasteiger partial charge in [-0.1, -0.05) is 29.3 Å². The maximum absolute atomic E-state index is 9.45. The molecule has 1 heterocycles. The lowest BCUT2D eigenvalue weighted by Crippen LogP contribution is -2.11. The Bertz CT molecular complexity index is 833. The first-order valence-corrected chi connectivity index (χ1v) is 8.73. The van der Waals surface area contributed by atoms with Gasteiger partial charge in [-0.3, -0.25) is 4.57 Å². The van der Waals surface area contributed by atoms with E-state index in [1.165, 1.54) is 23.7 Å². The molecule has 0 radical (unpaired) electrons. The molecular formula is C18H17Cl2N3O2. The van der Waals surface area contributed by atoms with Crippen LogP contribution in [0.2, 0.25) is 10.3 Å². The number of allylic oxidation sites excluding steroid dienone is 1. The number of rotatable bonds is 5. The molecule has 130 valence electrons. The van der Waals surface area contributed by atoms with Crippen LogP contribution < -0.4 is 9.47 Å². The Kier molecular flexibility index (Phi) is 5.52. The van der Waals surface area contributed by atoms with Crippen molar-refractivity contribution in [2.45, 2.75) is 31.8 Å². The molecule has 2 aromatic rings. The normalized spacial score (nSPS) is 15.2. The number of benzene rings is 1. The molecule has 1 aromatic heterocycles. The van der Waals surface area contributed by atoms with E-state index in [-0.39, 0.29) is 16.4 Å². The highest BCUT2D eigenvalue weighted by molar-refractivity contribution is 6.40. The third kappa shape index (κ3) is 3.92. The highest BCUT2D eigenvalue weighted by Gasteiger charge is 2.18. The summed E-state index contributed by atoms with van der Waals surface area (Å²) in [6.07, 6.45) is 7.80. The summed E-state index contributed by atoms with van der Waals surface area (Å²) in [6, 6.07) is 7.65. The Hall–Kier alpha value is -2.16. The van der Waals surface area contributed by atoms with Crippen LogP contribution in [0.3, 0.4) is 0 Å². The summed E-state index contributed by atoms with van der Waals surface area (Å²) in [4.78, 5) is 3.90. The maximum Gasteiger partial charge on any atom is 0.166 e. The van der Waals surface area contributed by atoms with Gasteiger partial charge in [0.1, 0.15) is 18.1 Å². The SMILES string of the molecule is COc1ccc(C=C(C#N)n2cnc(Cl)c2Cl)cc1OC1CCCC1. The van der Waals surface area contributed by atoms with Crippen LogP contribution in [0.4, 0.5) is 0 Å². The van der Waals surface area contributed by atoms with Gasteiger partial charge in [0.15, 0.2) is 21.8 Å². The number of imidazole rings is 1. The number of methoxy groups -OCH3 is 1. The predicted molar refractivity (Wildman–Crippen MR) is 97.9 cm³/mol. The zero-order valence-electron chi connectivity index (χ0n) is 13.7. The van der Waals surface area contributed by atoms with Crippen LogP contribution >= 0.6 is 23.2 Å². The summed E-state index contributed by atoms with van der Waals surface area (Å²) >= 11 is 11.9. The first-order valence-electron chi connectivity index (χ1n) is 7.97. The second kappa shape index (κ2) is 7.81. The summed E-state index contributed by atoms with van der Waals surface area (Å²) in [5.41, 5.74) is 1.10. The molecule has 0 amide bonds. The van der Waals surface area contributed by atoms with E-state index in [1.807, 2.05) is 18.2 Å². The van der Waals surface area contributed by atoms with Crippen molar-refractivity contribution in [2.75, 3.05) is 7.11 Å². The van der Waals surface area contributed by atoms with Crippen molar-refractivity contribution in [1.82, 2.24) is 9.55 Å². The molecular weight excluding hydrogens is 361 g/mol. The first-order chi connectivity index (χ1) is 12.1. The zero-order valence-corrected chi connectivity index (χ0v) is 15.2. The van der Waals surface area contributed by atoms with Crippen LogP contribution in [0, 0.1) is 11.3 Å². The summed E-state index contributed by atoms with van der Waals surface area (Å²) in [7, 11) is 1.61. The van der Waals surface area contributed by atoms with E-state index < -0.39 is 0 Å². The Balaban J connectivity index is 1.93. The van der Waals surface area contributed by atoms with Crippen molar-refractivity contribution in [1.29, 1.82) is 5.26 Å². The molecule has 1 aromatic carbocycles. The van der Waals surface area contributed by atoms with Crippen molar-refractivity contribution in [3.63, 3.8) is 0 Å². The molecule has 3 rings (SSSR count). The molecule has 25 heavy (non-hydrogen) atoms. The Morgan fingerprint density at radius 3 is 2.68 bits per heavy atom. The fourth-order valence-electron chi connectivity index (χ4n) is 2.85. The average molecular weight is 378 g/mol. The van der Waals surface area contributed by atoms with Gasteiger partial charge >= 0.3 is 0 Å². The van der Waals surface area contributed by atoms with Gasteiger partial charge in [0.25, 0.3) is 0 Å². The fourth-order valence-corrected chi connectivity index (χ4v) is 3.17. The number of hydrogen-bond acceptors (Lipinski definition) is 4. The van der Waals surface area contributed by atoms with E-state index in [1.54, 1.807) is 13.2 Å². The minimum Gasteiger partial charge on any atom is -0.493 e.